The SMILES string of the molecule is CCCC(=O)N1C(C)CN(C/C=C/c2ccccc2)CC1C.Cl.O. The largest absolute Gasteiger partial charge is 0.412 e. The molecule has 0 bridgehead atoms. The highest BCUT2D eigenvalue weighted by Gasteiger charge is 2.31. The van der Waals surface area contributed by atoms with Gasteiger partial charge in [-0.2, -0.15) is 0 Å². The zero-order valence-corrected chi connectivity index (χ0v) is 15.8. The molecular formula is C19H31ClN2O2. The van der Waals surface area contributed by atoms with Crippen molar-refractivity contribution >= 4 is 24.4 Å². The Morgan fingerprint density at radius 1 is 1.17 bits per heavy atom. The van der Waals surface area contributed by atoms with Gasteiger partial charge in [0.1, 0.15) is 0 Å². The average Bonchev–Trinajstić information content (AvgIpc) is 2.48. The van der Waals surface area contributed by atoms with Gasteiger partial charge in [-0.3, -0.25) is 9.69 Å². The number of rotatable bonds is 5. The molecule has 2 rings (SSSR count). The second-order valence-electron chi connectivity index (χ2n) is 6.28. The monoisotopic (exact) mass is 354 g/mol. The molecule has 1 aliphatic rings. The number of halogens is 1. The number of amides is 1. The molecule has 4 nitrogen and oxygen atoms in total. The molecule has 1 aromatic carbocycles. The molecule has 1 aliphatic heterocycles. The number of hydrogen-bond acceptors (Lipinski definition) is 2. The molecule has 1 saturated heterocycles. The minimum atomic E-state index is 0. The van der Waals surface area contributed by atoms with Crippen molar-refractivity contribution < 1.29 is 10.3 Å². The van der Waals surface area contributed by atoms with Gasteiger partial charge >= 0.3 is 0 Å². The van der Waals surface area contributed by atoms with Crippen molar-refractivity contribution in [1.29, 1.82) is 0 Å². The summed E-state index contributed by atoms with van der Waals surface area (Å²) in [6.45, 7) is 9.25. The van der Waals surface area contributed by atoms with E-state index in [2.05, 4.69) is 67.0 Å². The summed E-state index contributed by atoms with van der Waals surface area (Å²) in [5.41, 5.74) is 1.24. The van der Waals surface area contributed by atoms with Gasteiger partial charge in [-0.25, -0.2) is 0 Å². The van der Waals surface area contributed by atoms with Crippen LogP contribution in [0.5, 0.6) is 0 Å². The highest BCUT2D eigenvalue weighted by molar-refractivity contribution is 5.85. The minimum absolute atomic E-state index is 0. The van der Waals surface area contributed by atoms with Crippen LogP contribution in [0, 0.1) is 0 Å². The van der Waals surface area contributed by atoms with Gasteiger partial charge in [0, 0.05) is 38.1 Å². The van der Waals surface area contributed by atoms with E-state index in [1.165, 1.54) is 5.56 Å². The van der Waals surface area contributed by atoms with Gasteiger partial charge < -0.3 is 10.4 Å². The predicted molar refractivity (Wildman–Crippen MR) is 103 cm³/mol. The third-order valence-corrected chi connectivity index (χ3v) is 4.22. The third kappa shape index (κ3) is 6.27. The topological polar surface area (TPSA) is 55.1 Å². The van der Waals surface area contributed by atoms with Gasteiger partial charge in [-0.15, -0.1) is 12.4 Å². The van der Waals surface area contributed by atoms with Crippen LogP contribution in [0.4, 0.5) is 0 Å². The smallest absolute Gasteiger partial charge is 0.223 e. The number of piperazine rings is 1. The van der Waals surface area contributed by atoms with Gasteiger partial charge in [0.25, 0.3) is 0 Å². The van der Waals surface area contributed by atoms with Gasteiger partial charge in [-0.1, -0.05) is 49.4 Å². The fraction of sp³-hybridized carbons (Fsp3) is 0.526. The molecule has 24 heavy (non-hydrogen) atoms. The summed E-state index contributed by atoms with van der Waals surface area (Å²) in [4.78, 5) is 16.7. The molecule has 1 aromatic rings. The lowest BCUT2D eigenvalue weighted by Gasteiger charge is -2.44. The first kappa shape index (κ1) is 22.6. The number of benzene rings is 1. The van der Waals surface area contributed by atoms with Gasteiger partial charge in [0.05, 0.1) is 0 Å². The summed E-state index contributed by atoms with van der Waals surface area (Å²) < 4.78 is 0. The Hall–Kier alpha value is -1.36. The molecule has 0 aromatic heterocycles. The zero-order valence-electron chi connectivity index (χ0n) is 14.9. The molecule has 5 heteroatoms. The summed E-state index contributed by atoms with van der Waals surface area (Å²) in [6.07, 6.45) is 5.99. The Balaban J connectivity index is 0.00000264. The fourth-order valence-corrected chi connectivity index (χ4v) is 3.32. The van der Waals surface area contributed by atoms with Crippen LogP contribution >= 0.6 is 12.4 Å². The van der Waals surface area contributed by atoms with E-state index in [1.807, 2.05) is 6.07 Å². The van der Waals surface area contributed by atoms with Crippen LogP contribution in [-0.4, -0.2) is 52.9 Å². The Morgan fingerprint density at radius 2 is 1.75 bits per heavy atom. The van der Waals surface area contributed by atoms with Crippen molar-refractivity contribution in [2.75, 3.05) is 19.6 Å². The number of carbonyl (C=O) groups excluding carboxylic acids is 1. The van der Waals surface area contributed by atoms with Crippen molar-refractivity contribution in [3.63, 3.8) is 0 Å². The summed E-state index contributed by atoms with van der Waals surface area (Å²) >= 11 is 0. The minimum Gasteiger partial charge on any atom is -0.412 e. The number of nitrogens with zero attached hydrogens (tertiary/aromatic N) is 2. The van der Waals surface area contributed by atoms with Gasteiger partial charge in [0.2, 0.25) is 5.91 Å². The normalized spacial score (nSPS) is 21.2. The Kier molecular flexibility index (Phi) is 10.6. The lowest BCUT2D eigenvalue weighted by Crippen LogP contribution is -2.58. The van der Waals surface area contributed by atoms with Gasteiger partial charge in [-0.05, 0) is 25.8 Å². The van der Waals surface area contributed by atoms with Crippen molar-refractivity contribution in [3.05, 3.63) is 42.0 Å². The van der Waals surface area contributed by atoms with Crippen LogP contribution in [0.1, 0.15) is 39.2 Å². The maximum absolute atomic E-state index is 12.2. The first-order chi connectivity index (χ1) is 10.6. The van der Waals surface area contributed by atoms with Crippen molar-refractivity contribution in [3.8, 4) is 0 Å². The lowest BCUT2D eigenvalue weighted by molar-refractivity contribution is -0.138. The maximum Gasteiger partial charge on any atom is 0.223 e. The van der Waals surface area contributed by atoms with E-state index in [9.17, 15) is 4.79 Å². The van der Waals surface area contributed by atoms with Crippen molar-refractivity contribution in [2.45, 2.75) is 45.7 Å². The quantitative estimate of drug-likeness (QED) is 0.816. The van der Waals surface area contributed by atoms with Crippen LogP contribution in [0.15, 0.2) is 36.4 Å². The number of carbonyl (C=O) groups is 1. The van der Waals surface area contributed by atoms with Gasteiger partial charge in [0.15, 0.2) is 0 Å². The summed E-state index contributed by atoms with van der Waals surface area (Å²) in [6, 6.07) is 11.0. The molecule has 2 atom stereocenters. The van der Waals surface area contributed by atoms with Crippen LogP contribution < -0.4 is 0 Å². The lowest BCUT2D eigenvalue weighted by atomic mass is 10.1. The zero-order chi connectivity index (χ0) is 15.9. The average molecular weight is 355 g/mol. The fourth-order valence-electron chi connectivity index (χ4n) is 3.32. The maximum atomic E-state index is 12.2. The standard InChI is InChI=1S/C19H28N2O.ClH.H2O/c1-4-9-19(22)21-16(2)14-20(15-17(21)3)13-8-12-18-10-6-5-7-11-18;;/h5-8,10-12,16-17H,4,9,13-15H2,1-3H3;1H;1H2/b12-8+;;. The van der Waals surface area contributed by atoms with E-state index < -0.39 is 0 Å². The second kappa shape index (κ2) is 11.2. The van der Waals surface area contributed by atoms with Crippen LogP contribution in [0.2, 0.25) is 0 Å². The predicted octanol–water partition coefficient (Wildman–Crippen LogP) is 3.02. The summed E-state index contributed by atoms with van der Waals surface area (Å²) in [5.74, 6) is 0.307. The second-order valence-corrected chi connectivity index (χ2v) is 6.28. The highest BCUT2D eigenvalue weighted by Crippen LogP contribution is 2.17. The molecule has 0 saturated carbocycles. The van der Waals surface area contributed by atoms with E-state index in [0.717, 1.165) is 26.1 Å². The molecule has 1 fully saturated rings. The van der Waals surface area contributed by atoms with E-state index in [1.54, 1.807) is 0 Å². The molecule has 1 amide bonds. The summed E-state index contributed by atoms with van der Waals surface area (Å²) in [7, 11) is 0. The Labute approximate surface area is 152 Å². The first-order valence-electron chi connectivity index (χ1n) is 8.37. The molecule has 2 N–H and O–H groups in total. The molecule has 0 radical (unpaired) electrons. The van der Waals surface area contributed by atoms with E-state index in [4.69, 9.17) is 0 Å². The molecule has 0 spiro atoms. The van der Waals surface area contributed by atoms with Crippen LogP contribution in [0.25, 0.3) is 6.08 Å². The van der Waals surface area contributed by atoms with Crippen molar-refractivity contribution in [2.24, 2.45) is 0 Å². The van der Waals surface area contributed by atoms with Crippen molar-refractivity contribution in [1.82, 2.24) is 9.80 Å². The first-order valence-corrected chi connectivity index (χ1v) is 8.37. The van der Waals surface area contributed by atoms with Crippen LogP contribution in [-0.2, 0) is 4.79 Å². The summed E-state index contributed by atoms with van der Waals surface area (Å²) in [5, 5.41) is 0. The molecule has 2 unspecified atom stereocenters. The number of hydrogen-bond donors (Lipinski definition) is 0. The Morgan fingerprint density at radius 3 is 2.29 bits per heavy atom. The Bertz CT molecular complexity index is 495. The van der Waals surface area contributed by atoms with E-state index in [-0.39, 0.29) is 17.9 Å². The molecule has 1 heterocycles. The molecular weight excluding hydrogens is 324 g/mol. The highest BCUT2D eigenvalue weighted by atomic mass is 35.5. The molecule has 136 valence electrons. The third-order valence-electron chi connectivity index (χ3n) is 4.22. The van der Waals surface area contributed by atoms with E-state index >= 15 is 0 Å². The molecule has 0 aliphatic carbocycles. The van der Waals surface area contributed by atoms with Crippen LogP contribution in [0.3, 0.4) is 0 Å². The van der Waals surface area contributed by atoms with E-state index in [0.29, 0.717) is 24.4 Å².